The number of hydrogen-bond acceptors (Lipinski definition) is 5. The molecule has 0 amide bonds. The molecule has 1 aromatic heterocycles. The lowest BCUT2D eigenvalue weighted by Crippen LogP contribution is -2.45. The van der Waals surface area contributed by atoms with E-state index in [2.05, 4.69) is 25.6 Å². The molecule has 1 fully saturated rings. The Morgan fingerprint density at radius 1 is 1.35 bits per heavy atom. The van der Waals surface area contributed by atoms with Crippen molar-refractivity contribution in [3.63, 3.8) is 0 Å². The van der Waals surface area contributed by atoms with Crippen molar-refractivity contribution >= 4 is 15.8 Å². The Hall–Kier alpha value is -1.61. The zero-order chi connectivity index (χ0) is 16.7. The Labute approximate surface area is 137 Å². The third-order valence-corrected chi connectivity index (χ3v) is 5.43. The van der Waals surface area contributed by atoms with Crippen molar-refractivity contribution in [1.82, 2.24) is 25.3 Å². The van der Waals surface area contributed by atoms with Crippen LogP contribution in [-0.2, 0) is 23.4 Å². The first-order valence-corrected chi connectivity index (χ1v) is 9.74. The smallest absolute Gasteiger partial charge is 0.191 e. The van der Waals surface area contributed by atoms with Crippen LogP contribution < -0.4 is 10.6 Å². The number of nitrogens with zero attached hydrogens (tertiary/aromatic N) is 4. The van der Waals surface area contributed by atoms with E-state index in [4.69, 9.17) is 0 Å². The summed E-state index contributed by atoms with van der Waals surface area (Å²) in [5.74, 6) is 1.29. The maximum Gasteiger partial charge on any atom is 0.191 e. The van der Waals surface area contributed by atoms with E-state index in [9.17, 15) is 8.42 Å². The van der Waals surface area contributed by atoms with E-state index in [1.165, 1.54) is 0 Å². The SMILES string of the molecule is CCNC(=NCc1ccnn1C)NCCN1CCS(=O)(=O)CC1. The lowest BCUT2D eigenvalue weighted by Gasteiger charge is -2.26. The molecule has 0 spiro atoms. The van der Waals surface area contributed by atoms with Gasteiger partial charge < -0.3 is 10.6 Å². The van der Waals surface area contributed by atoms with Crippen LogP contribution in [0.3, 0.4) is 0 Å². The summed E-state index contributed by atoms with van der Waals surface area (Å²) in [6, 6.07) is 1.95. The van der Waals surface area contributed by atoms with Gasteiger partial charge in [0.05, 0.1) is 23.7 Å². The second kappa shape index (κ2) is 8.30. The van der Waals surface area contributed by atoms with Gasteiger partial charge in [0.2, 0.25) is 0 Å². The first kappa shape index (κ1) is 17.7. The normalized spacial score (nSPS) is 18.8. The van der Waals surface area contributed by atoms with Crippen molar-refractivity contribution in [2.75, 3.05) is 44.2 Å². The second-order valence-corrected chi connectivity index (χ2v) is 7.87. The highest BCUT2D eigenvalue weighted by atomic mass is 32.2. The fourth-order valence-electron chi connectivity index (χ4n) is 2.36. The number of aromatic nitrogens is 2. The highest BCUT2D eigenvalue weighted by molar-refractivity contribution is 7.91. The predicted octanol–water partition coefficient (Wildman–Crippen LogP) is -0.794. The Kier molecular flexibility index (Phi) is 6.40. The maximum absolute atomic E-state index is 11.4. The third-order valence-electron chi connectivity index (χ3n) is 3.82. The van der Waals surface area contributed by atoms with Gasteiger partial charge in [0.25, 0.3) is 0 Å². The molecule has 2 heterocycles. The second-order valence-electron chi connectivity index (χ2n) is 5.56. The van der Waals surface area contributed by atoms with Crippen molar-refractivity contribution in [2.24, 2.45) is 12.0 Å². The van der Waals surface area contributed by atoms with E-state index in [1.807, 2.05) is 20.0 Å². The Morgan fingerprint density at radius 3 is 2.70 bits per heavy atom. The molecule has 0 unspecified atom stereocenters. The van der Waals surface area contributed by atoms with E-state index in [0.717, 1.165) is 31.3 Å². The van der Waals surface area contributed by atoms with Crippen molar-refractivity contribution in [3.8, 4) is 0 Å². The molecule has 1 aliphatic rings. The summed E-state index contributed by atoms with van der Waals surface area (Å²) < 4.78 is 24.6. The lowest BCUT2D eigenvalue weighted by molar-refractivity contribution is 0.299. The highest BCUT2D eigenvalue weighted by Gasteiger charge is 2.20. The zero-order valence-corrected chi connectivity index (χ0v) is 14.6. The van der Waals surface area contributed by atoms with Crippen LogP contribution >= 0.6 is 0 Å². The standard InChI is InChI=1S/C14H26N6O2S/c1-3-15-14(17-12-13-4-5-18-19(13)2)16-6-7-20-8-10-23(21,22)11-9-20/h4-5H,3,6-12H2,1-2H3,(H2,15,16,17). The fraction of sp³-hybridized carbons (Fsp3) is 0.714. The summed E-state index contributed by atoms with van der Waals surface area (Å²) in [7, 11) is -0.911. The van der Waals surface area contributed by atoms with Crippen molar-refractivity contribution < 1.29 is 8.42 Å². The Bertz CT molecular complexity index is 611. The highest BCUT2D eigenvalue weighted by Crippen LogP contribution is 2.02. The molecular weight excluding hydrogens is 316 g/mol. The number of aryl methyl sites for hydroxylation is 1. The molecule has 8 nitrogen and oxygen atoms in total. The van der Waals surface area contributed by atoms with E-state index in [1.54, 1.807) is 10.9 Å². The van der Waals surface area contributed by atoms with Gasteiger partial charge in [0.1, 0.15) is 0 Å². The molecule has 0 bridgehead atoms. The average Bonchev–Trinajstić information content (AvgIpc) is 2.92. The maximum atomic E-state index is 11.4. The number of guanidine groups is 1. The summed E-state index contributed by atoms with van der Waals surface area (Å²) in [4.78, 5) is 6.71. The number of hydrogen-bond donors (Lipinski definition) is 2. The molecule has 9 heteroatoms. The van der Waals surface area contributed by atoms with Gasteiger partial charge in [-0.3, -0.25) is 9.58 Å². The molecule has 2 rings (SSSR count). The van der Waals surface area contributed by atoms with Gasteiger partial charge in [0, 0.05) is 46.0 Å². The van der Waals surface area contributed by atoms with Crippen LogP contribution in [-0.4, -0.2) is 73.3 Å². The zero-order valence-electron chi connectivity index (χ0n) is 13.8. The van der Waals surface area contributed by atoms with Crippen LogP contribution in [0.2, 0.25) is 0 Å². The Balaban J connectivity index is 1.77. The minimum absolute atomic E-state index is 0.266. The monoisotopic (exact) mass is 342 g/mol. The average molecular weight is 342 g/mol. The predicted molar refractivity (Wildman–Crippen MR) is 91.1 cm³/mol. The molecule has 130 valence electrons. The summed E-state index contributed by atoms with van der Waals surface area (Å²) in [6.45, 7) is 6.16. The number of sulfone groups is 1. The van der Waals surface area contributed by atoms with Crippen molar-refractivity contribution in [1.29, 1.82) is 0 Å². The summed E-state index contributed by atoms with van der Waals surface area (Å²) in [6.07, 6.45) is 1.76. The molecule has 0 aliphatic carbocycles. The molecule has 1 aliphatic heterocycles. The van der Waals surface area contributed by atoms with E-state index in [0.29, 0.717) is 19.6 Å². The van der Waals surface area contributed by atoms with Crippen LogP contribution in [0.4, 0.5) is 0 Å². The van der Waals surface area contributed by atoms with Crippen LogP contribution in [0.5, 0.6) is 0 Å². The lowest BCUT2D eigenvalue weighted by atomic mass is 10.4. The molecule has 1 aromatic rings. The van der Waals surface area contributed by atoms with Crippen molar-refractivity contribution in [2.45, 2.75) is 13.5 Å². The molecule has 0 atom stereocenters. The van der Waals surface area contributed by atoms with Gasteiger partial charge in [-0.25, -0.2) is 13.4 Å². The molecule has 0 saturated carbocycles. The largest absolute Gasteiger partial charge is 0.357 e. The molecule has 23 heavy (non-hydrogen) atoms. The Morgan fingerprint density at radius 2 is 2.09 bits per heavy atom. The van der Waals surface area contributed by atoms with Gasteiger partial charge in [-0.2, -0.15) is 5.10 Å². The number of aliphatic imine (C=N–C) groups is 1. The van der Waals surface area contributed by atoms with Gasteiger partial charge in [0.15, 0.2) is 15.8 Å². The van der Waals surface area contributed by atoms with Crippen LogP contribution in [0.1, 0.15) is 12.6 Å². The molecule has 1 saturated heterocycles. The van der Waals surface area contributed by atoms with Crippen LogP contribution in [0.25, 0.3) is 0 Å². The van der Waals surface area contributed by atoms with Gasteiger partial charge in [-0.1, -0.05) is 0 Å². The third kappa shape index (κ3) is 5.83. The quantitative estimate of drug-likeness (QED) is 0.520. The first-order chi connectivity index (χ1) is 11.0. The minimum atomic E-state index is -2.81. The molecule has 0 radical (unpaired) electrons. The number of nitrogens with one attached hydrogen (secondary N) is 2. The van der Waals surface area contributed by atoms with E-state index < -0.39 is 9.84 Å². The molecule has 0 aromatic carbocycles. The van der Waals surface area contributed by atoms with E-state index in [-0.39, 0.29) is 11.5 Å². The van der Waals surface area contributed by atoms with Crippen LogP contribution in [0.15, 0.2) is 17.3 Å². The number of rotatable bonds is 6. The van der Waals surface area contributed by atoms with Gasteiger partial charge >= 0.3 is 0 Å². The summed E-state index contributed by atoms with van der Waals surface area (Å²) in [5.41, 5.74) is 1.04. The fourth-order valence-corrected chi connectivity index (χ4v) is 3.64. The topological polar surface area (TPSA) is 91.6 Å². The van der Waals surface area contributed by atoms with Crippen LogP contribution in [0, 0.1) is 0 Å². The van der Waals surface area contributed by atoms with Crippen molar-refractivity contribution in [3.05, 3.63) is 18.0 Å². The summed E-state index contributed by atoms with van der Waals surface area (Å²) >= 11 is 0. The first-order valence-electron chi connectivity index (χ1n) is 7.92. The summed E-state index contributed by atoms with van der Waals surface area (Å²) in [5, 5.41) is 10.6. The van der Waals surface area contributed by atoms with Gasteiger partial charge in [-0.05, 0) is 13.0 Å². The minimum Gasteiger partial charge on any atom is -0.357 e. The molecular formula is C14H26N6O2S. The van der Waals surface area contributed by atoms with E-state index >= 15 is 0 Å². The van der Waals surface area contributed by atoms with Gasteiger partial charge in [-0.15, -0.1) is 0 Å². The molecule has 2 N–H and O–H groups in total.